The van der Waals surface area contributed by atoms with Gasteiger partial charge in [-0.2, -0.15) is 0 Å². The lowest BCUT2D eigenvalue weighted by Crippen LogP contribution is -2.26. The highest BCUT2D eigenvalue weighted by atomic mass is 19.1. The van der Waals surface area contributed by atoms with Crippen molar-refractivity contribution in [3.05, 3.63) is 71.8 Å². The highest BCUT2D eigenvalue weighted by molar-refractivity contribution is 5.96. The maximum atomic E-state index is 13.5. The van der Waals surface area contributed by atoms with Crippen molar-refractivity contribution in [1.82, 2.24) is 19.7 Å². The van der Waals surface area contributed by atoms with Crippen molar-refractivity contribution in [3.63, 3.8) is 0 Å². The van der Waals surface area contributed by atoms with Gasteiger partial charge in [0.15, 0.2) is 11.5 Å². The molecule has 178 valence electrons. The SMILES string of the molecule is Cc1cc(-c2cnc3c(NCCC4CC4)nc(-c4ccc(F)cc4)cn23)ccc1C(=O)NC1CC1. The van der Waals surface area contributed by atoms with Gasteiger partial charge < -0.3 is 10.6 Å². The normalized spacial score (nSPS) is 15.4. The summed E-state index contributed by atoms with van der Waals surface area (Å²) in [5.74, 6) is 1.24. The minimum absolute atomic E-state index is 0.0142. The Kier molecular flexibility index (Phi) is 5.47. The van der Waals surface area contributed by atoms with Crippen LogP contribution in [0.5, 0.6) is 0 Å². The summed E-state index contributed by atoms with van der Waals surface area (Å²) in [6.45, 7) is 2.80. The highest BCUT2D eigenvalue weighted by Crippen LogP contribution is 2.33. The molecule has 7 heteroatoms. The van der Waals surface area contributed by atoms with E-state index in [0.29, 0.717) is 11.6 Å². The zero-order chi connectivity index (χ0) is 23.9. The van der Waals surface area contributed by atoms with Crippen LogP contribution in [0.25, 0.3) is 28.2 Å². The van der Waals surface area contributed by atoms with E-state index in [-0.39, 0.29) is 11.7 Å². The first-order valence-corrected chi connectivity index (χ1v) is 12.3. The van der Waals surface area contributed by atoms with Crippen LogP contribution in [0.2, 0.25) is 0 Å². The fraction of sp³-hybridized carbons (Fsp3) is 0.321. The van der Waals surface area contributed by atoms with E-state index >= 15 is 0 Å². The Bertz CT molecular complexity index is 1400. The van der Waals surface area contributed by atoms with Gasteiger partial charge in [-0.15, -0.1) is 0 Å². The number of nitrogens with zero attached hydrogens (tertiary/aromatic N) is 3. The molecular weight excluding hydrogens is 441 g/mol. The van der Waals surface area contributed by atoms with Crippen molar-refractivity contribution in [3.8, 4) is 22.5 Å². The van der Waals surface area contributed by atoms with Crippen molar-refractivity contribution >= 4 is 17.4 Å². The fourth-order valence-corrected chi connectivity index (χ4v) is 4.45. The van der Waals surface area contributed by atoms with E-state index in [1.807, 2.05) is 41.9 Å². The molecule has 0 atom stereocenters. The molecule has 0 saturated heterocycles. The van der Waals surface area contributed by atoms with Gasteiger partial charge in [0.05, 0.1) is 17.6 Å². The molecule has 0 aliphatic heterocycles. The second kappa shape index (κ2) is 8.80. The average molecular weight is 470 g/mol. The predicted molar refractivity (Wildman–Crippen MR) is 135 cm³/mol. The molecule has 2 N–H and O–H groups in total. The fourth-order valence-electron chi connectivity index (χ4n) is 4.45. The maximum absolute atomic E-state index is 13.5. The quantitative estimate of drug-likeness (QED) is 0.352. The first-order chi connectivity index (χ1) is 17.0. The zero-order valence-corrected chi connectivity index (χ0v) is 19.7. The largest absolute Gasteiger partial charge is 0.367 e. The first-order valence-electron chi connectivity index (χ1n) is 12.3. The molecule has 0 unspecified atom stereocenters. The molecule has 0 radical (unpaired) electrons. The summed E-state index contributed by atoms with van der Waals surface area (Å²) < 4.78 is 15.6. The van der Waals surface area contributed by atoms with Gasteiger partial charge in [0.1, 0.15) is 5.82 Å². The highest BCUT2D eigenvalue weighted by Gasteiger charge is 2.25. The van der Waals surface area contributed by atoms with Gasteiger partial charge >= 0.3 is 0 Å². The van der Waals surface area contributed by atoms with Crippen LogP contribution in [-0.2, 0) is 0 Å². The first kappa shape index (κ1) is 21.8. The molecule has 2 aromatic heterocycles. The summed E-state index contributed by atoms with van der Waals surface area (Å²) in [6, 6.07) is 12.6. The molecule has 2 fully saturated rings. The molecular formula is C28H28FN5O. The molecule has 2 aliphatic carbocycles. The number of aryl methyl sites for hydroxylation is 1. The van der Waals surface area contributed by atoms with Crippen LogP contribution < -0.4 is 10.6 Å². The third-order valence-electron chi connectivity index (χ3n) is 6.85. The Morgan fingerprint density at radius 1 is 1.09 bits per heavy atom. The lowest BCUT2D eigenvalue weighted by atomic mass is 10.0. The van der Waals surface area contributed by atoms with Crippen molar-refractivity contribution in [2.75, 3.05) is 11.9 Å². The molecule has 35 heavy (non-hydrogen) atoms. The van der Waals surface area contributed by atoms with E-state index < -0.39 is 0 Å². The van der Waals surface area contributed by atoms with Crippen LogP contribution in [0.1, 0.15) is 48.0 Å². The van der Waals surface area contributed by atoms with Gasteiger partial charge in [0.2, 0.25) is 0 Å². The molecule has 2 aliphatic rings. The number of carbonyl (C=O) groups excluding carboxylic acids is 1. The van der Waals surface area contributed by atoms with Gasteiger partial charge in [-0.1, -0.05) is 18.9 Å². The summed E-state index contributed by atoms with van der Waals surface area (Å²) in [5.41, 5.74) is 5.82. The summed E-state index contributed by atoms with van der Waals surface area (Å²) in [5, 5.41) is 6.55. The predicted octanol–water partition coefficient (Wildman–Crippen LogP) is 5.62. The molecule has 2 aromatic carbocycles. The van der Waals surface area contributed by atoms with Crippen molar-refractivity contribution < 1.29 is 9.18 Å². The Morgan fingerprint density at radius 3 is 2.57 bits per heavy atom. The molecule has 6 nitrogen and oxygen atoms in total. The van der Waals surface area contributed by atoms with E-state index in [1.165, 1.54) is 25.0 Å². The van der Waals surface area contributed by atoms with Crippen LogP contribution in [0, 0.1) is 18.7 Å². The molecule has 0 bridgehead atoms. The summed E-state index contributed by atoms with van der Waals surface area (Å²) in [6.07, 6.45) is 9.64. The average Bonchev–Trinajstić information content (AvgIpc) is 3.79. The lowest BCUT2D eigenvalue weighted by Gasteiger charge is -2.12. The van der Waals surface area contributed by atoms with E-state index in [2.05, 4.69) is 10.6 Å². The molecule has 2 heterocycles. The third-order valence-corrected chi connectivity index (χ3v) is 6.85. The number of halogens is 1. The summed E-state index contributed by atoms with van der Waals surface area (Å²) >= 11 is 0. The van der Waals surface area contributed by atoms with Gasteiger partial charge in [-0.3, -0.25) is 9.20 Å². The molecule has 0 spiro atoms. The number of benzene rings is 2. The van der Waals surface area contributed by atoms with E-state index in [0.717, 1.165) is 71.3 Å². The standard InChI is InChI=1S/C28H28FN5O/c1-17-14-20(6-11-23(17)28(35)32-22-9-10-22)25-15-31-27-26(30-13-12-18-2-3-18)33-24(16-34(25)27)19-4-7-21(29)8-5-19/h4-8,11,14-16,18,22H,2-3,9-10,12-13H2,1H3,(H,30,33)(H,32,35). The van der Waals surface area contributed by atoms with Crippen molar-refractivity contribution in [2.24, 2.45) is 5.92 Å². The Balaban J connectivity index is 1.39. The Hall–Kier alpha value is -3.74. The van der Waals surface area contributed by atoms with Crippen molar-refractivity contribution in [1.29, 1.82) is 0 Å². The van der Waals surface area contributed by atoms with Gasteiger partial charge in [-0.05, 0) is 74.1 Å². The minimum atomic E-state index is -0.276. The molecule has 2 saturated carbocycles. The number of carbonyl (C=O) groups is 1. The number of nitrogens with one attached hydrogen (secondary N) is 2. The number of rotatable bonds is 8. The third kappa shape index (κ3) is 4.63. The smallest absolute Gasteiger partial charge is 0.251 e. The van der Waals surface area contributed by atoms with Gasteiger partial charge in [0.25, 0.3) is 5.91 Å². The van der Waals surface area contributed by atoms with E-state index in [1.54, 1.807) is 12.1 Å². The second-order valence-corrected chi connectivity index (χ2v) is 9.75. The number of amides is 1. The topological polar surface area (TPSA) is 71.3 Å². The lowest BCUT2D eigenvalue weighted by molar-refractivity contribution is 0.0950. The number of aromatic nitrogens is 3. The van der Waals surface area contributed by atoms with E-state index in [9.17, 15) is 9.18 Å². The van der Waals surface area contributed by atoms with Crippen molar-refractivity contribution in [2.45, 2.75) is 45.1 Å². The summed E-state index contributed by atoms with van der Waals surface area (Å²) in [7, 11) is 0. The van der Waals surface area contributed by atoms with Crippen LogP contribution in [-0.4, -0.2) is 32.9 Å². The van der Waals surface area contributed by atoms with Gasteiger partial charge in [0, 0.05) is 35.5 Å². The van der Waals surface area contributed by atoms with E-state index in [4.69, 9.17) is 9.97 Å². The number of hydrogen-bond acceptors (Lipinski definition) is 4. The molecule has 6 rings (SSSR count). The second-order valence-electron chi connectivity index (χ2n) is 9.75. The summed E-state index contributed by atoms with van der Waals surface area (Å²) in [4.78, 5) is 22.1. The van der Waals surface area contributed by atoms with Crippen LogP contribution in [0.3, 0.4) is 0 Å². The molecule has 4 aromatic rings. The number of hydrogen-bond donors (Lipinski definition) is 2. The van der Waals surface area contributed by atoms with Crippen LogP contribution >= 0.6 is 0 Å². The van der Waals surface area contributed by atoms with Gasteiger partial charge in [-0.25, -0.2) is 14.4 Å². The van der Waals surface area contributed by atoms with Crippen LogP contribution in [0.15, 0.2) is 54.9 Å². The van der Waals surface area contributed by atoms with Crippen LogP contribution in [0.4, 0.5) is 10.2 Å². The maximum Gasteiger partial charge on any atom is 0.251 e. The minimum Gasteiger partial charge on any atom is -0.367 e. The Labute approximate surface area is 203 Å². The number of fused-ring (bicyclic) bond motifs is 1. The monoisotopic (exact) mass is 469 g/mol. The number of anilines is 1. The number of imidazole rings is 1. The molecule has 1 amide bonds. The zero-order valence-electron chi connectivity index (χ0n) is 19.7. The Morgan fingerprint density at radius 2 is 1.86 bits per heavy atom.